The molecule has 3 aromatic rings. The number of ether oxygens (including phenoxy) is 2. The molecular formula is C35H35F9N2O8. The molecule has 0 bridgehead atoms. The van der Waals surface area contributed by atoms with Gasteiger partial charge in [0.15, 0.2) is 0 Å². The zero-order valence-electron chi connectivity index (χ0n) is 29.3. The lowest BCUT2D eigenvalue weighted by Gasteiger charge is -2.20. The molecule has 0 saturated heterocycles. The molecule has 0 aliphatic carbocycles. The largest absolute Gasteiger partial charge is 0.478 e. The number of nitrogens with two attached hydrogens (primary N) is 1. The molecule has 0 aromatic heterocycles. The number of carbonyl (C=O) groups excluding carboxylic acids is 3. The Bertz CT molecular complexity index is 1840. The van der Waals surface area contributed by atoms with Crippen LogP contribution in [-0.2, 0) is 34.5 Å². The summed E-state index contributed by atoms with van der Waals surface area (Å²) >= 11 is 0. The number of carboxylic acids is 1. The number of alkyl halides is 9. The summed E-state index contributed by atoms with van der Waals surface area (Å²) in [5.74, 6) is -3.19. The van der Waals surface area contributed by atoms with Gasteiger partial charge in [-0.3, -0.25) is 4.79 Å². The number of esters is 2. The number of aldehydes is 1. The van der Waals surface area contributed by atoms with Gasteiger partial charge in [0.2, 0.25) is 0 Å². The van der Waals surface area contributed by atoms with Crippen molar-refractivity contribution in [1.29, 1.82) is 0 Å². The van der Waals surface area contributed by atoms with E-state index in [1.165, 1.54) is 0 Å². The van der Waals surface area contributed by atoms with Crippen molar-refractivity contribution in [3.63, 3.8) is 0 Å². The summed E-state index contributed by atoms with van der Waals surface area (Å²) in [7, 11) is 0. The van der Waals surface area contributed by atoms with Gasteiger partial charge < -0.3 is 25.5 Å². The summed E-state index contributed by atoms with van der Waals surface area (Å²) in [6, 6.07) is 7.59. The first kappa shape index (κ1) is 46.6. The molecule has 3 aromatic carbocycles. The van der Waals surface area contributed by atoms with Gasteiger partial charge in [0, 0.05) is 12.1 Å². The molecule has 3 rings (SSSR count). The second-order valence-electron chi connectivity index (χ2n) is 13.0. The summed E-state index contributed by atoms with van der Waals surface area (Å²) in [6.45, 7) is 9.47. The number of rotatable bonds is 6. The van der Waals surface area contributed by atoms with Crippen LogP contribution in [0.25, 0.3) is 0 Å². The fraction of sp³-hybridized carbons (Fsp3) is 0.343. The first-order chi connectivity index (χ1) is 24.4. The number of halogens is 9. The SMILES string of the molecule is CC(C)(C)OC(=O)c1cc(/C=N\O)cc(C(F)(F)F)c1.CC(C)(C)OC(=O)c1cc(C=O)cc(C(F)(F)F)c1.NCc1cc(C(=O)O)cc(C(F)(F)F)c1. The van der Waals surface area contributed by atoms with Gasteiger partial charge in [0.1, 0.15) is 17.5 Å². The summed E-state index contributed by atoms with van der Waals surface area (Å²) in [4.78, 5) is 44.7. The Labute approximate surface area is 302 Å². The molecule has 54 heavy (non-hydrogen) atoms. The molecule has 0 unspecified atom stereocenters. The molecule has 0 spiro atoms. The number of hydrogen-bond acceptors (Lipinski definition) is 9. The van der Waals surface area contributed by atoms with Crippen molar-refractivity contribution in [2.24, 2.45) is 10.9 Å². The maximum Gasteiger partial charge on any atom is 0.416 e. The topological polar surface area (TPSA) is 166 Å². The van der Waals surface area contributed by atoms with Crippen molar-refractivity contribution in [1.82, 2.24) is 0 Å². The van der Waals surface area contributed by atoms with Gasteiger partial charge in [0.05, 0.1) is 39.6 Å². The van der Waals surface area contributed by atoms with Gasteiger partial charge in [-0.25, -0.2) is 14.4 Å². The second-order valence-corrected chi connectivity index (χ2v) is 13.0. The Morgan fingerprint density at radius 2 is 1.00 bits per heavy atom. The van der Waals surface area contributed by atoms with E-state index in [-0.39, 0.29) is 40.6 Å². The van der Waals surface area contributed by atoms with Crippen LogP contribution in [0, 0.1) is 0 Å². The van der Waals surface area contributed by atoms with Gasteiger partial charge >= 0.3 is 36.4 Å². The molecule has 0 saturated carbocycles. The van der Waals surface area contributed by atoms with Crippen molar-refractivity contribution in [3.05, 3.63) is 105 Å². The van der Waals surface area contributed by atoms with E-state index in [9.17, 15) is 58.7 Å². The average molecular weight is 783 g/mol. The van der Waals surface area contributed by atoms with E-state index in [0.717, 1.165) is 36.5 Å². The third kappa shape index (κ3) is 16.1. The van der Waals surface area contributed by atoms with E-state index < -0.39 is 69.9 Å². The molecule has 19 heteroatoms. The summed E-state index contributed by atoms with van der Waals surface area (Å²) in [6.07, 6.45) is -12.7. The van der Waals surface area contributed by atoms with Crippen LogP contribution in [0.4, 0.5) is 39.5 Å². The minimum absolute atomic E-state index is 0.0526. The van der Waals surface area contributed by atoms with Gasteiger partial charge in [-0.1, -0.05) is 5.16 Å². The van der Waals surface area contributed by atoms with Crippen LogP contribution in [0.15, 0.2) is 59.8 Å². The maximum atomic E-state index is 12.7. The second kappa shape index (κ2) is 18.0. The van der Waals surface area contributed by atoms with E-state index in [1.807, 2.05) is 0 Å². The molecule has 0 atom stereocenters. The normalized spacial score (nSPS) is 12.1. The highest BCUT2D eigenvalue weighted by atomic mass is 19.4. The number of carboxylic acid groups (broad SMARTS) is 1. The van der Waals surface area contributed by atoms with Crippen LogP contribution < -0.4 is 5.73 Å². The molecule has 10 nitrogen and oxygen atoms in total. The quantitative estimate of drug-likeness (QED) is 0.0553. The molecule has 296 valence electrons. The molecule has 0 aliphatic heterocycles. The smallest absolute Gasteiger partial charge is 0.416 e. The molecular weight excluding hydrogens is 747 g/mol. The first-order valence-electron chi connectivity index (χ1n) is 15.1. The van der Waals surface area contributed by atoms with E-state index in [0.29, 0.717) is 24.3 Å². The van der Waals surface area contributed by atoms with Crippen LogP contribution in [0.5, 0.6) is 0 Å². The van der Waals surface area contributed by atoms with Gasteiger partial charge in [-0.15, -0.1) is 0 Å². The fourth-order valence-electron chi connectivity index (χ4n) is 3.85. The maximum absolute atomic E-state index is 12.7. The van der Waals surface area contributed by atoms with Crippen LogP contribution >= 0.6 is 0 Å². The zero-order chi connectivity index (χ0) is 42.0. The standard InChI is InChI=1S/C13H14F3NO3.C13H13F3O3.C9H8F3NO2/c1-12(2,3)20-11(18)9-4-8(7-17-19)5-10(6-9)13(14,15)16;1-12(2,3)19-11(18)9-4-8(7-17)5-10(6-9)13(14,15)16;10-9(11,12)7-2-5(4-13)1-6(3-7)8(14)15/h4-7,19H,1-3H3;4-7H,1-3H3;1-3H,4,13H2,(H,14,15)/b17-7-;;. The zero-order valence-corrected chi connectivity index (χ0v) is 29.3. The highest BCUT2D eigenvalue weighted by Crippen LogP contribution is 2.33. The van der Waals surface area contributed by atoms with E-state index in [1.54, 1.807) is 41.5 Å². The summed E-state index contributed by atoms with van der Waals surface area (Å²) in [5.41, 5.74) is -0.660. The molecule has 0 radical (unpaired) electrons. The number of hydrogen-bond donors (Lipinski definition) is 3. The Morgan fingerprint density at radius 1 is 0.630 bits per heavy atom. The van der Waals surface area contributed by atoms with E-state index in [2.05, 4.69) is 5.16 Å². The minimum Gasteiger partial charge on any atom is -0.478 e. The lowest BCUT2D eigenvalue weighted by Crippen LogP contribution is -2.24. The van der Waals surface area contributed by atoms with Crippen molar-refractivity contribution >= 4 is 30.4 Å². The molecule has 4 N–H and O–H groups in total. The van der Waals surface area contributed by atoms with Crippen LogP contribution in [0.3, 0.4) is 0 Å². The molecule has 0 heterocycles. The summed E-state index contributed by atoms with van der Waals surface area (Å²) < 4.78 is 123. The highest BCUT2D eigenvalue weighted by molar-refractivity contribution is 5.93. The van der Waals surface area contributed by atoms with Crippen molar-refractivity contribution < 1.29 is 78.5 Å². The predicted octanol–water partition coefficient (Wildman–Crippen LogP) is 8.80. The average Bonchev–Trinajstić information content (AvgIpc) is 3.02. The van der Waals surface area contributed by atoms with Crippen LogP contribution in [-0.4, -0.2) is 51.9 Å². The van der Waals surface area contributed by atoms with Gasteiger partial charge in [-0.2, -0.15) is 39.5 Å². The van der Waals surface area contributed by atoms with Gasteiger partial charge in [-0.05, 0) is 107 Å². The third-order valence-electron chi connectivity index (χ3n) is 5.98. The molecule has 0 amide bonds. The van der Waals surface area contributed by atoms with Crippen LogP contribution in [0.1, 0.15) is 111 Å². The lowest BCUT2D eigenvalue weighted by molar-refractivity contribution is -0.138. The van der Waals surface area contributed by atoms with E-state index >= 15 is 0 Å². The van der Waals surface area contributed by atoms with Crippen molar-refractivity contribution in [2.75, 3.05) is 0 Å². The summed E-state index contributed by atoms with van der Waals surface area (Å²) in [5, 5.41) is 19.6. The monoisotopic (exact) mass is 782 g/mol. The molecule has 0 aliphatic rings. The van der Waals surface area contributed by atoms with Crippen LogP contribution in [0.2, 0.25) is 0 Å². The minimum atomic E-state index is -4.63. The number of carbonyl (C=O) groups is 4. The van der Waals surface area contributed by atoms with Crippen molar-refractivity contribution in [3.8, 4) is 0 Å². The first-order valence-corrected chi connectivity index (χ1v) is 15.1. The van der Waals surface area contributed by atoms with E-state index in [4.69, 9.17) is 25.5 Å². The fourth-order valence-corrected chi connectivity index (χ4v) is 3.85. The Morgan fingerprint density at radius 3 is 1.33 bits per heavy atom. The lowest BCUT2D eigenvalue weighted by atomic mass is 10.1. The third-order valence-corrected chi connectivity index (χ3v) is 5.98. The predicted molar refractivity (Wildman–Crippen MR) is 174 cm³/mol. The molecule has 0 fully saturated rings. The Balaban J connectivity index is 0.000000409. The Kier molecular flexibility index (Phi) is 15.6. The number of nitrogens with zero attached hydrogens (tertiary/aromatic N) is 1. The number of benzene rings is 3. The Hall–Kier alpha value is -5.46. The number of aromatic carboxylic acids is 1. The number of oxime groups is 1. The highest BCUT2D eigenvalue weighted by Gasteiger charge is 2.34. The van der Waals surface area contributed by atoms with Crippen molar-refractivity contribution in [2.45, 2.75) is 77.8 Å². The van der Waals surface area contributed by atoms with Gasteiger partial charge in [0.25, 0.3) is 0 Å².